The van der Waals surface area contributed by atoms with Gasteiger partial charge in [0.15, 0.2) is 0 Å². The molecule has 4 rings (SSSR count). The first-order valence-corrected chi connectivity index (χ1v) is 9.87. The molecule has 0 amide bonds. The molecular formula is C20H27N7O. The third-order valence-corrected chi connectivity index (χ3v) is 5.16. The van der Waals surface area contributed by atoms with Gasteiger partial charge in [-0.15, -0.1) is 0 Å². The van der Waals surface area contributed by atoms with E-state index < -0.39 is 6.10 Å². The van der Waals surface area contributed by atoms with E-state index in [1.54, 1.807) is 10.9 Å². The number of anilines is 1. The van der Waals surface area contributed by atoms with Crippen LogP contribution in [0, 0.1) is 6.92 Å². The van der Waals surface area contributed by atoms with E-state index in [-0.39, 0.29) is 0 Å². The van der Waals surface area contributed by atoms with Gasteiger partial charge in [0.2, 0.25) is 0 Å². The van der Waals surface area contributed by atoms with Crippen molar-refractivity contribution in [3.63, 3.8) is 0 Å². The van der Waals surface area contributed by atoms with Crippen molar-refractivity contribution in [2.24, 2.45) is 7.05 Å². The highest BCUT2D eigenvalue weighted by Crippen LogP contribution is 2.25. The first kappa shape index (κ1) is 18.6. The van der Waals surface area contributed by atoms with Gasteiger partial charge in [-0.25, -0.2) is 9.97 Å². The fourth-order valence-electron chi connectivity index (χ4n) is 3.78. The van der Waals surface area contributed by atoms with Gasteiger partial charge in [0, 0.05) is 38.1 Å². The average molecular weight is 381 g/mol. The topological polar surface area (TPSA) is 84.9 Å². The van der Waals surface area contributed by atoms with Crippen LogP contribution in [0.1, 0.15) is 54.5 Å². The molecule has 4 heterocycles. The molecule has 1 aliphatic rings. The summed E-state index contributed by atoms with van der Waals surface area (Å²) in [5, 5.41) is 19.5. The Bertz CT molecular complexity index is 961. The average Bonchev–Trinajstić information content (AvgIpc) is 3.21. The smallest absolute Gasteiger partial charge is 0.139 e. The maximum absolute atomic E-state index is 10.7. The fraction of sp³-hybridized carbons (Fsp3) is 0.500. The second kappa shape index (κ2) is 7.71. The number of aromatic nitrogens is 6. The molecule has 1 atom stereocenters. The summed E-state index contributed by atoms with van der Waals surface area (Å²) in [7, 11) is 1.83. The Morgan fingerprint density at radius 1 is 1.21 bits per heavy atom. The Balaban J connectivity index is 1.60. The number of rotatable bonds is 5. The molecule has 1 unspecified atom stereocenters. The Morgan fingerprint density at radius 2 is 2.07 bits per heavy atom. The first-order valence-electron chi connectivity index (χ1n) is 9.87. The molecule has 0 radical (unpaired) electrons. The zero-order valence-corrected chi connectivity index (χ0v) is 16.7. The normalized spacial score (nSPS) is 15.4. The maximum atomic E-state index is 10.7. The fourth-order valence-corrected chi connectivity index (χ4v) is 3.78. The molecule has 1 N–H and O–H groups in total. The van der Waals surface area contributed by atoms with Crippen LogP contribution < -0.4 is 4.90 Å². The summed E-state index contributed by atoms with van der Waals surface area (Å²) >= 11 is 0. The maximum Gasteiger partial charge on any atom is 0.139 e. The summed E-state index contributed by atoms with van der Waals surface area (Å²) in [6.45, 7) is 6.58. The second-order valence-corrected chi connectivity index (χ2v) is 7.36. The molecule has 28 heavy (non-hydrogen) atoms. The third-order valence-electron chi connectivity index (χ3n) is 5.16. The number of nitrogens with zero attached hydrogens (tertiary/aromatic N) is 7. The lowest BCUT2D eigenvalue weighted by Crippen LogP contribution is -2.24. The zero-order valence-electron chi connectivity index (χ0n) is 16.7. The molecule has 3 aromatic rings. The van der Waals surface area contributed by atoms with Crippen LogP contribution in [0.3, 0.4) is 0 Å². The van der Waals surface area contributed by atoms with E-state index in [2.05, 4.69) is 38.1 Å². The molecule has 0 spiro atoms. The summed E-state index contributed by atoms with van der Waals surface area (Å²) < 4.78 is 3.69. The van der Waals surface area contributed by atoms with Crippen molar-refractivity contribution in [2.45, 2.75) is 52.3 Å². The summed E-state index contributed by atoms with van der Waals surface area (Å²) in [6.07, 6.45) is 3.91. The summed E-state index contributed by atoms with van der Waals surface area (Å²) in [6, 6.07) is 5.92. The second-order valence-electron chi connectivity index (χ2n) is 7.36. The van der Waals surface area contributed by atoms with E-state index in [9.17, 15) is 5.11 Å². The van der Waals surface area contributed by atoms with Crippen molar-refractivity contribution in [3.05, 3.63) is 53.0 Å². The van der Waals surface area contributed by atoms with Crippen molar-refractivity contribution in [2.75, 3.05) is 11.4 Å². The largest absolute Gasteiger partial charge is 0.380 e. The highest BCUT2D eigenvalue weighted by atomic mass is 16.3. The summed E-state index contributed by atoms with van der Waals surface area (Å²) in [4.78, 5) is 11.5. The Hall–Kier alpha value is -2.74. The quantitative estimate of drug-likeness (QED) is 0.729. The van der Waals surface area contributed by atoms with Crippen LogP contribution in [-0.4, -0.2) is 41.2 Å². The monoisotopic (exact) mass is 381 g/mol. The van der Waals surface area contributed by atoms with E-state index in [4.69, 9.17) is 0 Å². The molecule has 8 nitrogen and oxygen atoms in total. The molecule has 1 aliphatic heterocycles. The third kappa shape index (κ3) is 3.64. The Kier molecular flexibility index (Phi) is 5.13. The minimum Gasteiger partial charge on any atom is -0.380 e. The zero-order chi connectivity index (χ0) is 19.7. The minimum atomic E-state index is -0.780. The molecule has 0 fully saturated rings. The van der Waals surface area contributed by atoms with Gasteiger partial charge in [-0.3, -0.25) is 9.36 Å². The molecule has 0 saturated carbocycles. The van der Waals surface area contributed by atoms with Gasteiger partial charge >= 0.3 is 0 Å². The highest BCUT2D eigenvalue weighted by Gasteiger charge is 2.23. The van der Waals surface area contributed by atoms with Crippen LogP contribution in [0.5, 0.6) is 0 Å². The predicted octanol–water partition coefficient (Wildman–Crippen LogP) is 2.16. The van der Waals surface area contributed by atoms with Gasteiger partial charge in [0.25, 0.3) is 0 Å². The Morgan fingerprint density at radius 3 is 2.82 bits per heavy atom. The van der Waals surface area contributed by atoms with Crippen LogP contribution in [0.15, 0.2) is 24.4 Å². The van der Waals surface area contributed by atoms with Crippen molar-refractivity contribution in [3.8, 4) is 0 Å². The molecule has 148 valence electrons. The molecule has 0 saturated heterocycles. The first-order chi connectivity index (χ1) is 13.5. The van der Waals surface area contributed by atoms with Gasteiger partial charge in [0.05, 0.1) is 23.6 Å². The molecule has 0 aromatic carbocycles. The van der Waals surface area contributed by atoms with E-state index in [1.165, 1.54) is 0 Å². The molecule has 0 bridgehead atoms. The minimum absolute atomic E-state index is 0.658. The van der Waals surface area contributed by atoms with Gasteiger partial charge in [-0.1, -0.05) is 13.3 Å². The van der Waals surface area contributed by atoms with Crippen LogP contribution >= 0.6 is 0 Å². The van der Waals surface area contributed by atoms with Crippen molar-refractivity contribution in [1.29, 1.82) is 0 Å². The molecule has 8 heteroatoms. The van der Waals surface area contributed by atoms with Gasteiger partial charge in [-0.05, 0) is 31.9 Å². The Labute approximate surface area is 164 Å². The van der Waals surface area contributed by atoms with Crippen LogP contribution in [0.4, 0.5) is 5.82 Å². The lowest BCUT2D eigenvalue weighted by molar-refractivity contribution is 0.203. The lowest BCUT2D eigenvalue weighted by Gasteiger charge is -2.22. The number of aliphatic hydroxyl groups excluding tert-OH is 1. The van der Waals surface area contributed by atoms with Gasteiger partial charge in [-0.2, -0.15) is 10.2 Å². The number of aryl methyl sites for hydroxylation is 4. The van der Waals surface area contributed by atoms with E-state index in [0.717, 1.165) is 61.1 Å². The highest BCUT2D eigenvalue weighted by molar-refractivity contribution is 5.41. The van der Waals surface area contributed by atoms with E-state index in [1.807, 2.05) is 30.8 Å². The van der Waals surface area contributed by atoms with Crippen LogP contribution in [-0.2, 0) is 26.6 Å². The predicted molar refractivity (Wildman–Crippen MR) is 106 cm³/mol. The standard InChI is InChI=1S/C20H27N7O/c1-4-6-15-11-19(23-14(2)22-15)26-9-5-10-27-16(13-26)12-17(24-27)20(28)18-7-8-21-25(18)3/h7-8,11-12,20,28H,4-6,9-10,13H2,1-3H3. The lowest BCUT2D eigenvalue weighted by atomic mass is 10.2. The molecule has 0 aliphatic carbocycles. The van der Waals surface area contributed by atoms with Crippen LogP contribution in [0.25, 0.3) is 0 Å². The van der Waals surface area contributed by atoms with Gasteiger partial charge < -0.3 is 10.0 Å². The SMILES string of the molecule is CCCc1cc(N2CCCn3nc(C(O)c4ccnn4C)cc3C2)nc(C)n1. The number of hydrogen-bond acceptors (Lipinski definition) is 6. The van der Waals surface area contributed by atoms with Crippen molar-refractivity contribution < 1.29 is 5.11 Å². The van der Waals surface area contributed by atoms with E-state index in [0.29, 0.717) is 12.2 Å². The summed E-state index contributed by atoms with van der Waals surface area (Å²) in [5.41, 5.74) is 3.57. The summed E-state index contributed by atoms with van der Waals surface area (Å²) in [5.74, 6) is 1.78. The van der Waals surface area contributed by atoms with Crippen molar-refractivity contribution in [1.82, 2.24) is 29.5 Å². The molecule has 3 aromatic heterocycles. The number of hydrogen-bond donors (Lipinski definition) is 1. The van der Waals surface area contributed by atoms with Crippen molar-refractivity contribution >= 4 is 5.82 Å². The van der Waals surface area contributed by atoms with Crippen LogP contribution in [0.2, 0.25) is 0 Å². The molecular weight excluding hydrogens is 354 g/mol. The van der Waals surface area contributed by atoms with E-state index >= 15 is 0 Å². The number of fused-ring (bicyclic) bond motifs is 1. The number of aliphatic hydroxyl groups is 1. The van der Waals surface area contributed by atoms with Gasteiger partial charge in [0.1, 0.15) is 17.7 Å².